The van der Waals surface area contributed by atoms with Gasteiger partial charge in [0.1, 0.15) is 13.1 Å². The Bertz CT molecular complexity index is 822. The third-order valence-electron chi connectivity index (χ3n) is 4.21. The number of benzene rings is 1. The van der Waals surface area contributed by atoms with E-state index in [0.717, 1.165) is 17.7 Å². The zero-order chi connectivity index (χ0) is 20.2. The van der Waals surface area contributed by atoms with Crippen molar-refractivity contribution in [1.82, 2.24) is 14.1 Å². The van der Waals surface area contributed by atoms with Crippen LogP contribution in [-0.4, -0.2) is 74.1 Å². The van der Waals surface area contributed by atoms with E-state index < -0.39 is 27.9 Å². The van der Waals surface area contributed by atoms with Gasteiger partial charge in [0.2, 0.25) is 15.9 Å². The van der Waals surface area contributed by atoms with Crippen LogP contribution in [0.4, 0.5) is 10.5 Å². The Morgan fingerprint density at radius 1 is 1.22 bits per heavy atom. The third kappa shape index (κ3) is 4.83. The number of unbranched alkanes of at least 4 members (excludes halogenated alkanes) is 1. The first-order chi connectivity index (χ1) is 12.7. The van der Waals surface area contributed by atoms with Crippen molar-refractivity contribution in [3.8, 4) is 0 Å². The number of likely N-dealkylation sites (N-methyl/N-ethyl adjacent to an activating group) is 1. The third-order valence-corrected chi connectivity index (χ3v) is 6.08. The number of urea groups is 1. The number of hydrogen-bond donors (Lipinski definition) is 1. The van der Waals surface area contributed by atoms with Crippen LogP contribution < -0.4 is 5.32 Å². The standard InChI is InChI=1S/C17H24N4O5S/c1-4-5-10-20(3)27(25,26)14-8-6-13(7-9-14)18-15(22)11-21-16(23)12-19(2)17(21)24/h6-9H,4-5,10-12H2,1-3H3,(H,18,22). The van der Waals surface area contributed by atoms with E-state index in [-0.39, 0.29) is 18.0 Å². The number of hydrogen-bond acceptors (Lipinski definition) is 5. The van der Waals surface area contributed by atoms with Crippen LogP contribution in [0.2, 0.25) is 0 Å². The molecule has 148 valence electrons. The molecular formula is C17H24N4O5S. The molecule has 0 aliphatic carbocycles. The largest absolute Gasteiger partial charge is 0.327 e. The Labute approximate surface area is 159 Å². The van der Waals surface area contributed by atoms with Crippen LogP contribution in [-0.2, 0) is 19.6 Å². The molecule has 1 saturated heterocycles. The second-order valence-corrected chi connectivity index (χ2v) is 8.42. The molecule has 1 N–H and O–H groups in total. The normalized spacial score (nSPS) is 15.0. The number of anilines is 1. The van der Waals surface area contributed by atoms with Gasteiger partial charge in [-0.05, 0) is 30.7 Å². The minimum absolute atomic E-state index is 0.0514. The predicted molar refractivity (Wildman–Crippen MR) is 99.5 cm³/mol. The van der Waals surface area contributed by atoms with Gasteiger partial charge in [0.25, 0.3) is 5.91 Å². The zero-order valence-electron chi connectivity index (χ0n) is 15.6. The molecule has 1 aromatic rings. The van der Waals surface area contributed by atoms with E-state index in [4.69, 9.17) is 0 Å². The van der Waals surface area contributed by atoms with E-state index in [1.54, 1.807) is 0 Å². The van der Waals surface area contributed by atoms with Gasteiger partial charge in [-0.15, -0.1) is 0 Å². The molecule has 0 radical (unpaired) electrons. The summed E-state index contributed by atoms with van der Waals surface area (Å²) in [6, 6.07) is 5.24. The van der Waals surface area contributed by atoms with Gasteiger partial charge in [0, 0.05) is 26.3 Å². The minimum atomic E-state index is -3.58. The molecule has 1 heterocycles. The molecule has 0 atom stereocenters. The highest BCUT2D eigenvalue weighted by atomic mass is 32.2. The fourth-order valence-corrected chi connectivity index (χ4v) is 3.77. The van der Waals surface area contributed by atoms with E-state index in [0.29, 0.717) is 12.2 Å². The summed E-state index contributed by atoms with van der Waals surface area (Å²) >= 11 is 0. The summed E-state index contributed by atoms with van der Waals surface area (Å²) in [6.45, 7) is 1.98. The topological polar surface area (TPSA) is 107 Å². The Balaban J connectivity index is 2.00. The van der Waals surface area contributed by atoms with Gasteiger partial charge in [0.05, 0.1) is 4.90 Å². The van der Waals surface area contributed by atoms with Gasteiger partial charge in [-0.2, -0.15) is 0 Å². The smallest absolute Gasteiger partial charge is 0.325 e. The van der Waals surface area contributed by atoms with Crippen LogP contribution in [0.15, 0.2) is 29.2 Å². The van der Waals surface area contributed by atoms with Crippen LogP contribution in [0.3, 0.4) is 0 Å². The van der Waals surface area contributed by atoms with Crippen LogP contribution in [0, 0.1) is 0 Å². The number of carbonyl (C=O) groups is 3. The molecule has 1 fully saturated rings. The highest BCUT2D eigenvalue weighted by Crippen LogP contribution is 2.18. The van der Waals surface area contributed by atoms with Gasteiger partial charge in [0.15, 0.2) is 0 Å². The number of rotatable bonds is 8. The molecular weight excluding hydrogens is 372 g/mol. The number of imide groups is 1. The molecule has 0 unspecified atom stereocenters. The highest BCUT2D eigenvalue weighted by Gasteiger charge is 2.34. The molecule has 9 nitrogen and oxygen atoms in total. The van der Waals surface area contributed by atoms with Crippen molar-refractivity contribution in [1.29, 1.82) is 0 Å². The molecule has 0 saturated carbocycles. The van der Waals surface area contributed by atoms with Crippen molar-refractivity contribution in [2.24, 2.45) is 0 Å². The first kappa shape index (κ1) is 20.8. The molecule has 4 amide bonds. The van der Waals surface area contributed by atoms with Crippen LogP contribution in [0.1, 0.15) is 19.8 Å². The van der Waals surface area contributed by atoms with Gasteiger partial charge in [-0.1, -0.05) is 13.3 Å². The maximum Gasteiger partial charge on any atom is 0.327 e. The maximum absolute atomic E-state index is 12.5. The van der Waals surface area contributed by atoms with E-state index in [1.165, 1.54) is 47.6 Å². The molecule has 0 aromatic heterocycles. The number of amides is 4. The second kappa shape index (κ2) is 8.49. The maximum atomic E-state index is 12.5. The number of nitrogens with zero attached hydrogens (tertiary/aromatic N) is 3. The Hall–Kier alpha value is -2.46. The number of carbonyl (C=O) groups excluding carboxylic acids is 3. The first-order valence-electron chi connectivity index (χ1n) is 8.58. The molecule has 1 aliphatic rings. The summed E-state index contributed by atoms with van der Waals surface area (Å²) < 4.78 is 26.2. The van der Waals surface area contributed by atoms with Gasteiger partial charge in [-0.25, -0.2) is 17.5 Å². The average Bonchev–Trinajstić information content (AvgIpc) is 2.86. The quantitative estimate of drug-likeness (QED) is 0.658. The van der Waals surface area contributed by atoms with Crippen molar-refractivity contribution in [2.45, 2.75) is 24.7 Å². The van der Waals surface area contributed by atoms with Crippen molar-refractivity contribution >= 4 is 33.6 Å². The summed E-state index contributed by atoms with van der Waals surface area (Å²) in [5.74, 6) is -0.975. The fourth-order valence-electron chi connectivity index (χ4n) is 2.56. The van der Waals surface area contributed by atoms with Gasteiger partial charge < -0.3 is 10.2 Å². The Morgan fingerprint density at radius 2 is 1.85 bits per heavy atom. The van der Waals surface area contributed by atoms with Gasteiger partial charge >= 0.3 is 6.03 Å². The van der Waals surface area contributed by atoms with Gasteiger partial charge in [-0.3, -0.25) is 14.5 Å². The summed E-state index contributed by atoms with van der Waals surface area (Å²) in [7, 11) is -0.568. The predicted octanol–water partition coefficient (Wildman–Crippen LogP) is 0.940. The van der Waals surface area contributed by atoms with Crippen molar-refractivity contribution in [3.63, 3.8) is 0 Å². The van der Waals surface area contributed by atoms with Crippen LogP contribution in [0.5, 0.6) is 0 Å². The lowest BCUT2D eigenvalue weighted by Gasteiger charge is -2.17. The Kier molecular flexibility index (Phi) is 6.55. The van der Waals surface area contributed by atoms with Crippen LogP contribution in [0.25, 0.3) is 0 Å². The molecule has 1 aromatic carbocycles. The molecule has 2 rings (SSSR count). The highest BCUT2D eigenvalue weighted by molar-refractivity contribution is 7.89. The lowest BCUT2D eigenvalue weighted by atomic mass is 10.3. The first-order valence-corrected chi connectivity index (χ1v) is 10.0. The monoisotopic (exact) mass is 396 g/mol. The van der Waals surface area contributed by atoms with E-state index >= 15 is 0 Å². The average molecular weight is 396 g/mol. The summed E-state index contributed by atoms with van der Waals surface area (Å²) in [5.41, 5.74) is 0.377. The van der Waals surface area contributed by atoms with E-state index in [1.807, 2.05) is 6.92 Å². The molecule has 0 spiro atoms. The zero-order valence-corrected chi connectivity index (χ0v) is 16.5. The molecule has 27 heavy (non-hydrogen) atoms. The molecule has 10 heteroatoms. The van der Waals surface area contributed by atoms with Crippen LogP contribution >= 0.6 is 0 Å². The Morgan fingerprint density at radius 3 is 2.37 bits per heavy atom. The summed E-state index contributed by atoms with van der Waals surface area (Å²) in [6.07, 6.45) is 1.66. The van der Waals surface area contributed by atoms with Crippen molar-refractivity contribution < 1.29 is 22.8 Å². The fraction of sp³-hybridized carbons (Fsp3) is 0.471. The lowest BCUT2D eigenvalue weighted by molar-refractivity contribution is -0.129. The minimum Gasteiger partial charge on any atom is -0.325 e. The summed E-state index contributed by atoms with van der Waals surface area (Å²) in [4.78, 5) is 37.8. The van der Waals surface area contributed by atoms with Crippen molar-refractivity contribution in [3.05, 3.63) is 24.3 Å². The SMILES string of the molecule is CCCCN(C)S(=O)(=O)c1ccc(NC(=O)CN2C(=O)CN(C)C2=O)cc1. The second-order valence-electron chi connectivity index (χ2n) is 6.37. The molecule has 1 aliphatic heterocycles. The lowest BCUT2D eigenvalue weighted by Crippen LogP contribution is -2.38. The summed E-state index contributed by atoms with van der Waals surface area (Å²) in [5, 5.41) is 2.55. The van der Waals surface area contributed by atoms with E-state index in [9.17, 15) is 22.8 Å². The number of nitrogens with one attached hydrogen (secondary N) is 1. The molecule has 0 bridgehead atoms. The number of sulfonamides is 1. The van der Waals surface area contributed by atoms with Crippen molar-refractivity contribution in [2.75, 3.05) is 39.0 Å². The van der Waals surface area contributed by atoms with E-state index in [2.05, 4.69) is 5.32 Å².